The molecule has 0 saturated heterocycles. The summed E-state index contributed by atoms with van der Waals surface area (Å²) in [6, 6.07) is 0. The van der Waals surface area contributed by atoms with Gasteiger partial charge in [-0.2, -0.15) is 0 Å². The molecule has 6 atom stereocenters. The van der Waals surface area contributed by atoms with E-state index >= 15 is 0 Å². The van der Waals surface area contributed by atoms with Crippen LogP contribution in [-0.4, -0.2) is 45.4 Å². The van der Waals surface area contributed by atoms with Crippen molar-refractivity contribution >= 4 is 0 Å². The minimum absolute atomic E-state index is 0.0994. The van der Waals surface area contributed by atoms with Crippen molar-refractivity contribution in [1.29, 1.82) is 0 Å². The molecular formula is C82H172F8. The average Bonchev–Trinajstić information content (AvgIpc) is 0.875. The molecule has 0 bridgehead atoms. The number of rotatable bonds is 33. The second-order valence-electron chi connectivity index (χ2n) is 32.6. The first-order chi connectivity index (χ1) is 40.3. The maximum absolute atomic E-state index is 14.4. The molecule has 90 heavy (non-hydrogen) atoms. The van der Waals surface area contributed by atoms with Crippen LogP contribution >= 0.6 is 0 Å². The Morgan fingerprint density at radius 3 is 0.700 bits per heavy atom. The fourth-order valence-electron chi connectivity index (χ4n) is 13.7. The first-order valence-electron chi connectivity index (χ1n) is 37.8. The van der Waals surface area contributed by atoms with Gasteiger partial charge in [0.05, 0.1) is 0 Å². The van der Waals surface area contributed by atoms with E-state index in [4.69, 9.17) is 0 Å². The summed E-state index contributed by atoms with van der Waals surface area (Å²) in [5.41, 5.74) is -8.43. The minimum Gasteiger partial charge on any atom is -0.244 e. The quantitative estimate of drug-likeness (QED) is 0.0575. The van der Waals surface area contributed by atoms with Crippen LogP contribution in [0, 0.1) is 81.3 Å². The Kier molecular flexibility index (Phi) is 57.5. The Morgan fingerprint density at radius 2 is 0.544 bits per heavy atom. The van der Waals surface area contributed by atoms with Crippen LogP contribution in [0.2, 0.25) is 0 Å². The lowest BCUT2D eigenvalue weighted by molar-refractivity contribution is -0.0551. The van der Waals surface area contributed by atoms with E-state index in [9.17, 15) is 35.1 Å². The van der Waals surface area contributed by atoms with Crippen molar-refractivity contribution in [2.45, 2.75) is 451 Å². The van der Waals surface area contributed by atoms with E-state index in [1.54, 1.807) is 55.4 Å². The topological polar surface area (TPSA) is 0 Å². The van der Waals surface area contributed by atoms with Crippen LogP contribution in [-0.2, 0) is 0 Å². The van der Waals surface area contributed by atoms with E-state index in [0.29, 0.717) is 62.2 Å². The summed E-state index contributed by atoms with van der Waals surface area (Å²) in [5, 5.41) is 0. The Bertz CT molecular complexity index is 1560. The highest BCUT2D eigenvalue weighted by Gasteiger charge is 2.49. The lowest BCUT2D eigenvalue weighted by Crippen LogP contribution is -2.47. The van der Waals surface area contributed by atoms with Crippen molar-refractivity contribution in [3.63, 3.8) is 0 Å². The molecule has 0 N–H and O–H groups in total. The zero-order valence-electron chi connectivity index (χ0n) is 69.3. The van der Waals surface area contributed by atoms with Crippen LogP contribution in [0.5, 0.6) is 0 Å². The van der Waals surface area contributed by atoms with Crippen molar-refractivity contribution in [3.8, 4) is 0 Å². The lowest BCUT2D eigenvalue weighted by Gasteiger charge is -2.47. The van der Waals surface area contributed by atoms with Gasteiger partial charge in [-0.15, -0.1) is 0 Å². The molecule has 0 heterocycles. The Balaban J connectivity index is -0.000000143. The van der Waals surface area contributed by atoms with Crippen LogP contribution in [0.4, 0.5) is 35.1 Å². The van der Waals surface area contributed by atoms with Gasteiger partial charge in [0, 0.05) is 16.2 Å². The Hall–Kier alpha value is -0.560. The summed E-state index contributed by atoms with van der Waals surface area (Å²) in [5.74, 6) is 2.76. The molecule has 0 unspecified atom stereocenters. The van der Waals surface area contributed by atoms with Crippen LogP contribution in [0.1, 0.15) is 406 Å². The van der Waals surface area contributed by atoms with E-state index < -0.39 is 45.4 Å². The highest BCUT2D eigenvalue weighted by Crippen LogP contribution is 2.49. The summed E-state index contributed by atoms with van der Waals surface area (Å²) < 4.78 is 111. The van der Waals surface area contributed by atoms with E-state index in [-0.39, 0.29) is 57.7 Å². The molecule has 0 aromatic heterocycles. The molecule has 0 aromatic rings. The third-order valence-electron chi connectivity index (χ3n) is 23.7. The van der Waals surface area contributed by atoms with Crippen LogP contribution in [0.25, 0.3) is 0 Å². The predicted octanol–water partition coefficient (Wildman–Crippen LogP) is 31.5. The maximum atomic E-state index is 14.4. The van der Waals surface area contributed by atoms with Gasteiger partial charge in [0.25, 0.3) is 0 Å². The molecule has 8 heteroatoms. The van der Waals surface area contributed by atoms with Gasteiger partial charge >= 0.3 is 0 Å². The molecule has 0 saturated carbocycles. The Labute approximate surface area is 565 Å². The number of alkyl halides is 8. The summed E-state index contributed by atoms with van der Waals surface area (Å²) in [7, 11) is 0. The summed E-state index contributed by atoms with van der Waals surface area (Å²) in [6.07, 6.45) is 16.3. The second-order valence-corrected chi connectivity index (χ2v) is 32.6. The zero-order chi connectivity index (χ0) is 74.3. The van der Waals surface area contributed by atoms with Gasteiger partial charge in [0.2, 0.25) is 0 Å². The molecule has 0 fully saturated rings. The smallest absolute Gasteiger partial charge is 0.115 e. The van der Waals surface area contributed by atoms with Gasteiger partial charge in [-0.1, -0.05) is 286 Å². The summed E-state index contributed by atoms with van der Waals surface area (Å²) in [4.78, 5) is 0. The zero-order valence-corrected chi connectivity index (χ0v) is 69.3. The van der Waals surface area contributed by atoms with E-state index in [2.05, 4.69) is 132 Å². The minimum atomic E-state index is -1.06. The SMILES string of the molecule is CC(C)C(C)(F)C(C)C.CCC(C)(CC)[C@@](C)(F)C(C)C.CCC(CC)[C@@](C)(F)C(C)C.CCCC(C)(F)CCC.CCC[C@](C)(F)C(C(C)C)C(C)C.CCC[C@](C)(F)C(C)(CC)CC.CCC[C@](C)(F)C(CC)CC.CC[C@](C)(F)C(C)(C(C)C)C(C)C. The molecule has 0 amide bonds. The normalized spacial score (nSPS) is 16.5. The molecule has 0 aliphatic heterocycles. The lowest BCUT2D eigenvalue weighted by atomic mass is 9.61. The van der Waals surface area contributed by atoms with E-state index in [1.807, 2.05) is 96.9 Å². The molecule has 0 aromatic carbocycles. The van der Waals surface area contributed by atoms with Gasteiger partial charge < -0.3 is 0 Å². The Morgan fingerprint density at radius 1 is 0.267 bits per heavy atom. The predicted molar refractivity (Wildman–Crippen MR) is 397 cm³/mol. The molecule has 0 nitrogen and oxygen atoms in total. The third kappa shape index (κ3) is 37.8. The highest BCUT2D eigenvalue weighted by atomic mass is 19.2. The van der Waals surface area contributed by atoms with Gasteiger partial charge in [-0.3, -0.25) is 0 Å². The summed E-state index contributed by atoms with van der Waals surface area (Å²) >= 11 is 0. The third-order valence-corrected chi connectivity index (χ3v) is 23.7. The highest BCUT2D eigenvalue weighted by molar-refractivity contribution is 4.97. The molecule has 0 radical (unpaired) electrons. The van der Waals surface area contributed by atoms with Gasteiger partial charge in [-0.05, 0) is 185 Å². The number of halogens is 8. The van der Waals surface area contributed by atoms with Crippen LogP contribution in [0.3, 0.4) is 0 Å². The van der Waals surface area contributed by atoms with Crippen molar-refractivity contribution < 1.29 is 35.1 Å². The van der Waals surface area contributed by atoms with Gasteiger partial charge in [-0.25, -0.2) is 35.1 Å². The van der Waals surface area contributed by atoms with Gasteiger partial charge in [0.1, 0.15) is 45.4 Å². The van der Waals surface area contributed by atoms with Crippen molar-refractivity contribution in [1.82, 2.24) is 0 Å². The molecule has 556 valence electrons. The second kappa shape index (κ2) is 49.0. The van der Waals surface area contributed by atoms with Crippen LogP contribution < -0.4 is 0 Å². The average molecular weight is 1310 g/mol. The van der Waals surface area contributed by atoms with Crippen LogP contribution in [0.15, 0.2) is 0 Å². The van der Waals surface area contributed by atoms with Gasteiger partial charge in [0.15, 0.2) is 0 Å². The number of hydrogen-bond acceptors (Lipinski definition) is 0. The summed E-state index contributed by atoms with van der Waals surface area (Å²) in [6.45, 7) is 81.2. The first kappa shape index (κ1) is 105. The van der Waals surface area contributed by atoms with Crippen molar-refractivity contribution in [2.24, 2.45) is 81.3 Å². The van der Waals surface area contributed by atoms with E-state index in [0.717, 1.165) is 83.5 Å². The monoisotopic (exact) mass is 1310 g/mol. The molecule has 0 aliphatic carbocycles. The largest absolute Gasteiger partial charge is 0.244 e. The molecule has 0 aliphatic rings. The van der Waals surface area contributed by atoms with E-state index in [1.165, 1.54) is 0 Å². The molecule has 0 spiro atoms. The maximum Gasteiger partial charge on any atom is 0.115 e. The fourth-order valence-corrected chi connectivity index (χ4v) is 13.7. The molecule has 0 rings (SSSR count). The first-order valence-corrected chi connectivity index (χ1v) is 37.8. The van der Waals surface area contributed by atoms with Crippen molar-refractivity contribution in [3.05, 3.63) is 0 Å². The standard InChI is InChI=1S/2C12H25F.2C11H23F.2C10H21F.2C8H17F/c1-8-11(6,13)12(7,9(2)3)10(4)5;1-7-8-12(6,13)11(9(2)3)10(4)5;1-7-10(5,8-2)11(6,12)9(3)4;1-6-9-11(5,12)10(4,7-2)8-3;1-6-9(7-2)10(5,11)8(3)4;1-5-8-10(4,11)9(6-2)7-3;1-6(2)8(5,9)7(3)4;1-4-6-8(3,9)7-5-2/h9-10H,8H2,1-7H3;9-11H,7-8H2,1-6H3;9H,7-8H2,1-6H3;6-9H2,1-5H3;8-9H,6-7H2,1-5H3;9H,5-8H2,1-4H3;6-7H,1-5H3;4-7H2,1-3H3/t11-;12-;2*11-;2*10-;;/m000000../s1. The fraction of sp³-hybridized carbons (Fsp3) is 1.00. The van der Waals surface area contributed by atoms with Crippen molar-refractivity contribution in [2.75, 3.05) is 0 Å². The molecular weight excluding hydrogens is 1140 g/mol. The number of hydrogen-bond donors (Lipinski definition) is 0.